The normalized spacial score (nSPS) is 38.5. The van der Waals surface area contributed by atoms with E-state index in [9.17, 15) is 13.2 Å². The molecule has 0 radical (unpaired) electrons. The second-order valence-electron chi connectivity index (χ2n) is 7.49. The smallest absolute Gasteiger partial charge is 0.238 e. The Morgan fingerprint density at radius 3 is 2.76 bits per heavy atom. The highest BCUT2D eigenvalue weighted by molar-refractivity contribution is 7.90. The first-order valence-electron chi connectivity index (χ1n) is 7.92. The van der Waals surface area contributed by atoms with Crippen LogP contribution in [0.2, 0.25) is 0 Å². The van der Waals surface area contributed by atoms with E-state index in [-0.39, 0.29) is 28.5 Å². The Bertz CT molecular complexity index is 580. The van der Waals surface area contributed by atoms with Crippen molar-refractivity contribution in [2.75, 3.05) is 5.75 Å². The van der Waals surface area contributed by atoms with Gasteiger partial charge in [-0.1, -0.05) is 19.9 Å². The first-order chi connectivity index (χ1) is 9.76. The molecule has 1 saturated heterocycles. The van der Waals surface area contributed by atoms with Crippen LogP contribution in [0, 0.1) is 16.7 Å². The number of carbonyl (C=O) groups excluding carboxylic acids is 1. The summed E-state index contributed by atoms with van der Waals surface area (Å²) in [6, 6.07) is -0.0903. The van der Waals surface area contributed by atoms with Crippen LogP contribution in [0.25, 0.3) is 0 Å². The van der Waals surface area contributed by atoms with Crippen LogP contribution in [0.5, 0.6) is 0 Å². The molecule has 1 spiro atoms. The fraction of sp³-hybridized carbons (Fsp3) is 0.812. The molecule has 0 N–H and O–H groups in total. The van der Waals surface area contributed by atoms with E-state index < -0.39 is 10.0 Å². The van der Waals surface area contributed by atoms with Crippen molar-refractivity contribution in [1.29, 1.82) is 0 Å². The van der Waals surface area contributed by atoms with Crippen molar-refractivity contribution in [1.82, 2.24) is 4.31 Å². The molecule has 3 fully saturated rings. The number of hydrogen-bond acceptors (Lipinski definition) is 3. The van der Waals surface area contributed by atoms with Gasteiger partial charge in [0.1, 0.15) is 0 Å². The second kappa shape index (κ2) is 4.58. The lowest BCUT2D eigenvalue weighted by molar-refractivity contribution is -0.129. The van der Waals surface area contributed by atoms with Gasteiger partial charge >= 0.3 is 0 Å². The summed E-state index contributed by atoms with van der Waals surface area (Å²) in [7, 11) is -3.44. The molecule has 3 rings (SSSR count). The Balaban J connectivity index is 1.89. The number of sulfonamides is 1. The van der Waals surface area contributed by atoms with E-state index >= 15 is 0 Å². The molecule has 1 aliphatic heterocycles. The highest BCUT2D eigenvalue weighted by Gasteiger charge is 2.72. The van der Waals surface area contributed by atoms with Gasteiger partial charge < -0.3 is 0 Å². The summed E-state index contributed by atoms with van der Waals surface area (Å²) in [4.78, 5) is 12.5. The molecule has 2 saturated carbocycles. The van der Waals surface area contributed by atoms with Crippen LogP contribution in [0.1, 0.15) is 52.4 Å². The predicted octanol–water partition coefficient (Wildman–Crippen LogP) is 2.71. The van der Waals surface area contributed by atoms with Crippen molar-refractivity contribution in [3.63, 3.8) is 0 Å². The highest BCUT2D eigenvalue weighted by Crippen LogP contribution is 2.69. The van der Waals surface area contributed by atoms with Crippen molar-refractivity contribution < 1.29 is 13.2 Å². The Morgan fingerprint density at radius 1 is 1.43 bits per heavy atom. The number of rotatable bonds is 4. The molecule has 2 aliphatic carbocycles. The molecular weight excluding hydrogens is 286 g/mol. The molecule has 0 aromatic rings. The zero-order valence-corrected chi connectivity index (χ0v) is 13.8. The van der Waals surface area contributed by atoms with Crippen LogP contribution in [0.3, 0.4) is 0 Å². The minimum absolute atomic E-state index is 0.0287. The van der Waals surface area contributed by atoms with Crippen LogP contribution in [0.4, 0.5) is 0 Å². The monoisotopic (exact) mass is 311 g/mol. The van der Waals surface area contributed by atoms with E-state index in [1.807, 2.05) is 0 Å². The molecule has 5 heteroatoms. The molecule has 21 heavy (non-hydrogen) atoms. The zero-order valence-electron chi connectivity index (χ0n) is 13.0. The van der Waals surface area contributed by atoms with Gasteiger partial charge in [-0.25, -0.2) is 12.7 Å². The Labute approximate surface area is 127 Å². The van der Waals surface area contributed by atoms with E-state index in [2.05, 4.69) is 20.4 Å². The van der Waals surface area contributed by atoms with E-state index in [1.54, 1.807) is 6.08 Å². The SMILES string of the molecule is C=CCCCC(=O)N1[C@H]2C[C@@H]3CC[C@@]2(CS1(=O)=O)C3(C)C. The Morgan fingerprint density at radius 2 is 2.14 bits per heavy atom. The van der Waals surface area contributed by atoms with Crippen LogP contribution in [0.15, 0.2) is 12.7 Å². The fourth-order valence-corrected chi connectivity index (χ4v) is 7.70. The van der Waals surface area contributed by atoms with Gasteiger partial charge in [-0.15, -0.1) is 6.58 Å². The minimum atomic E-state index is -3.44. The summed E-state index contributed by atoms with van der Waals surface area (Å²) >= 11 is 0. The quantitative estimate of drug-likeness (QED) is 0.592. The van der Waals surface area contributed by atoms with Gasteiger partial charge in [0.2, 0.25) is 15.9 Å². The molecule has 3 atom stereocenters. The summed E-state index contributed by atoms with van der Waals surface area (Å²) in [5, 5.41) is 0. The molecule has 0 aromatic carbocycles. The Kier molecular flexibility index (Phi) is 3.28. The number of allylic oxidation sites excluding steroid dienone is 1. The fourth-order valence-electron chi connectivity index (χ4n) is 5.13. The lowest BCUT2D eigenvalue weighted by Crippen LogP contribution is -2.44. The molecule has 1 amide bonds. The average molecular weight is 311 g/mol. The standard InChI is InChI=1S/C16H25NO3S/c1-4-5-6-7-14(18)17-13-10-12-8-9-16(13,15(12,2)3)11-21(17,19)20/h4,12-13H,1,5-11H2,2-3H3/t12-,13-,16-/m0/s1. The maximum atomic E-state index is 12.6. The maximum absolute atomic E-state index is 12.6. The summed E-state index contributed by atoms with van der Waals surface area (Å²) in [6.45, 7) is 8.04. The van der Waals surface area contributed by atoms with Gasteiger partial charge in [0.15, 0.2) is 0 Å². The highest BCUT2D eigenvalue weighted by atomic mass is 32.2. The third-order valence-electron chi connectivity index (χ3n) is 6.46. The number of hydrogen-bond donors (Lipinski definition) is 0. The van der Waals surface area contributed by atoms with Crippen molar-refractivity contribution >= 4 is 15.9 Å². The van der Waals surface area contributed by atoms with Crippen molar-refractivity contribution in [3.8, 4) is 0 Å². The van der Waals surface area contributed by atoms with Crippen molar-refractivity contribution in [2.24, 2.45) is 16.7 Å². The molecule has 4 nitrogen and oxygen atoms in total. The van der Waals surface area contributed by atoms with Gasteiger partial charge in [0, 0.05) is 11.8 Å². The molecular formula is C16H25NO3S. The summed E-state index contributed by atoms with van der Waals surface area (Å²) in [5.41, 5.74) is -0.175. The molecule has 0 aromatic heterocycles. The first kappa shape index (κ1) is 15.1. The summed E-state index contributed by atoms with van der Waals surface area (Å²) in [6.07, 6.45) is 6.43. The van der Waals surface area contributed by atoms with Crippen LogP contribution < -0.4 is 0 Å². The van der Waals surface area contributed by atoms with E-state index in [1.165, 1.54) is 4.31 Å². The van der Waals surface area contributed by atoms with Gasteiger partial charge in [0.25, 0.3) is 0 Å². The number of unbranched alkanes of at least 4 members (excludes halogenated alkanes) is 1. The van der Waals surface area contributed by atoms with Crippen LogP contribution in [-0.4, -0.2) is 30.4 Å². The van der Waals surface area contributed by atoms with E-state index in [4.69, 9.17) is 0 Å². The summed E-state index contributed by atoms with van der Waals surface area (Å²) < 4.78 is 26.5. The van der Waals surface area contributed by atoms with Gasteiger partial charge in [-0.05, 0) is 43.4 Å². The van der Waals surface area contributed by atoms with Crippen LogP contribution >= 0.6 is 0 Å². The molecule has 3 aliphatic rings. The van der Waals surface area contributed by atoms with Gasteiger partial charge in [-0.2, -0.15) is 0 Å². The van der Waals surface area contributed by atoms with Gasteiger partial charge in [0.05, 0.1) is 11.8 Å². The largest absolute Gasteiger partial charge is 0.274 e. The third-order valence-corrected chi connectivity index (χ3v) is 8.39. The van der Waals surface area contributed by atoms with Crippen molar-refractivity contribution in [3.05, 3.63) is 12.7 Å². The van der Waals surface area contributed by atoms with E-state index in [0.717, 1.165) is 25.7 Å². The molecule has 1 heterocycles. The molecule has 118 valence electrons. The maximum Gasteiger partial charge on any atom is 0.238 e. The zero-order chi connectivity index (χ0) is 15.5. The topological polar surface area (TPSA) is 54.5 Å². The molecule has 0 unspecified atom stereocenters. The van der Waals surface area contributed by atoms with Crippen molar-refractivity contribution in [2.45, 2.75) is 58.4 Å². The van der Waals surface area contributed by atoms with E-state index in [0.29, 0.717) is 18.8 Å². The summed E-state index contributed by atoms with van der Waals surface area (Å²) in [5.74, 6) is 0.519. The number of fused-ring (bicyclic) bond motifs is 1. The lowest BCUT2D eigenvalue weighted by atomic mass is 9.69. The number of nitrogens with zero attached hydrogens (tertiary/aromatic N) is 1. The third kappa shape index (κ3) is 1.85. The second-order valence-corrected chi connectivity index (χ2v) is 9.34. The minimum Gasteiger partial charge on any atom is -0.274 e. The number of amides is 1. The van der Waals surface area contributed by atoms with Crippen LogP contribution in [-0.2, 0) is 14.8 Å². The first-order valence-corrected chi connectivity index (χ1v) is 9.53. The number of carbonyl (C=O) groups is 1. The average Bonchev–Trinajstić information content (AvgIpc) is 2.85. The Hall–Kier alpha value is -0.840. The van der Waals surface area contributed by atoms with Gasteiger partial charge in [-0.3, -0.25) is 4.79 Å². The predicted molar refractivity (Wildman–Crippen MR) is 82.0 cm³/mol. The molecule has 2 bridgehead atoms. The lowest BCUT2D eigenvalue weighted by Gasteiger charge is -2.37.